The third-order valence-corrected chi connectivity index (χ3v) is 5.23. The van der Waals surface area contributed by atoms with E-state index < -0.39 is 11.7 Å². The molecule has 2 N–H and O–H groups in total. The number of carbonyl (C=O) groups is 1. The molecule has 0 aliphatic carbocycles. The molecule has 1 aromatic carbocycles. The number of rotatable bonds is 5. The lowest BCUT2D eigenvalue weighted by atomic mass is 10.1. The molecule has 4 rings (SSSR count). The van der Waals surface area contributed by atoms with E-state index in [4.69, 9.17) is 0 Å². The highest BCUT2D eigenvalue weighted by atomic mass is 19.1. The number of hydrogen-bond donors (Lipinski definition) is 2. The fourth-order valence-electron chi connectivity index (χ4n) is 3.55. The lowest BCUT2D eigenvalue weighted by Crippen LogP contribution is -2.46. The fourth-order valence-corrected chi connectivity index (χ4v) is 3.55. The van der Waals surface area contributed by atoms with Crippen LogP contribution in [0.4, 0.5) is 10.1 Å². The van der Waals surface area contributed by atoms with Crippen LogP contribution in [0.1, 0.15) is 23.0 Å². The van der Waals surface area contributed by atoms with Crippen molar-refractivity contribution in [1.29, 1.82) is 0 Å². The number of benzene rings is 1. The van der Waals surface area contributed by atoms with Crippen molar-refractivity contribution in [2.45, 2.75) is 13.5 Å². The largest absolute Gasteiger partial charge is 0.367 e. The third kappa shape index (κ3) is 4.00. The van der Waals surface area contributed by atoms with Crippen LogP contribution in [0.2, 0.25) is 0 Å². The maximum absolute atomic E-state index is 14.6. The second kappa shape index (κ2) is 8.04. The van der Waals surface area contributed by atoms with Crippen molar-refractivity contribution in [3.05, 3.63) is 64.0 Å². The van der Waals surface area contributed by atoms with Crippen molar-refractivity contribution in [1.82, 2.24) is 24.8 Å². The average Bonchev–Trinajstić information content (AvgIpc) is 3.21. The van der Waals surface area contributed by atoms with Crippen molar-refractivity contribution >= 4 is 17.2 Å². The highest BCUT2D eigenvalue weighted by molar-refractivity contribution is 5.94. The number of fused-ring (bicyclic) bond motifs is 1. The predicted octanol–water partition coefficient (Wildman–Crippen LogP) is 1.23. The average molecular weight is 398 g/mol. The summed E-state index contributed by atoms with van der Waals surface area (Å²) in [4.78, 5) is 33.0. The van der Waals surface area contributed by atoms with E-state index in [1.54, 1.807) is 24.4 Å². The second-order valence-electron chi connectivity index (χ2n) is 7.01. The van der Waals surface area contributed by atoms with Gasteiger partial charge in [0, 0.05) is 50.1 Å². The number of carbonyl (C=O) groups excluding carboxylic acids is 1. The molecule has 0 bridgehead atoms. The van der Waals surface area contributed by atoms with Gasteiger partial charge in [0.05, 0.1) is 17.9 Å². The Bertz CT molecular complexity index is 1080. The summed E-state index contributed by atoms with van der Waals surface area (Å²) in [5.41, 5.74) is 1.40. The SMILES string of the molecule is CCN1CCN(c2ccc(C(=O)NCc3cc(=O)n4[nH]ccc4n3)cc2F)CC1. The number of anilines is 1. The van der Waals surface area contributed by atoms with E-state index in [0.717, 1.165) is 32.7 Å². The molecule has 1 saturated heterocycles. The number of nitrogens with one attached hydrogen (secondary N) is 2. The molecule has 8 nitrogen and oxygen atoms in total. The summed E-state index contributed by atoms with van der Waals surface area (Å²) in [5, 5.41) is 5.45. The molecule has 1 aliphatic rings. The molecule has 3 aromatic rings. The number of halogens is 1. The van der Waals surface area contributed by atoms with Crippen LogP contribution in [0.3, 0.4) is 0 Å². The van der Waals surface area contributed by atoms with Gasteiger partial charge in [0.25, 0.3) is 11.5 Å². The monoisotopic (exact) mass is 398 g/mol. The van der Waals surface area contributed by atoms with Crippen LogP contribution in [-0.2, 0) is 6.54 Å². The van der Waals surface area contributed by atoms with Crippen LogP contribution < -0.4 is 15.8 Å². The Balaban J connectivity index is 1.42. The molecular formula is C20H23FN6O2. The van der Waals surface area contributed by atoms with Crippen LogP contribution in [0.5, 0.6) is 0 Å². The van der Waals surface area contributed by atoms with Gasteiger partial charge in [-0.1, -0.05) is 6.92 Å². The van der Waals surface area contributed by atoms with Crippen LogP contribution in [0, 0.1) is 5.82 Å². The molecule has 0 unspecified atom stereocenters. The van der Waals surface area contributed by atoms with Crippen LogP contribution >= 0.6 is 0 Å². The first kappa shape index (κ1) is 19.1. The van der Waals surface area contributed by atoms with Crippen molar-refractivity contribution in [3.8, 4) is 0 Å². The molecular weight excluding hydrogens is 375 g/mol. The Morgan fingerprint density at radius 2 is 2.00 bits per heavy atom. The summed E-state index contributed by atoms with van der Waals surface area (Å²) in [6.07, 6.45) is 1.61. The van der Waals surface area contributed by atoms with Gasteiger partial charge in [-0.3, -0.25) is 14.7 Å². The molecule has 152 valence electrons. The number of likely N-dealkylation sites (N-methyl/N-ethyl adjacent to an activating group) is 1. The van der Waals surface area contributed by atoms with Gasteiger partial charge in [-0.15, -0.1) is 0 Å². The van der Waals surface area contributed by atoms with E-state index >= 15 is 0 Å². The highest BCUT2D eigenvalue weighted by Gasteiger charge is 2.19. The van der Waals surface area contributed by atoms with E-state index in [1.165, 1.54) is 16.6 Å². The molecule has 3 heterocycles. The molecule has 29 heavy (non-hydrogen) atoms. The zero-order chi connectivity index (χ0) is 20.4. The molecule has 0 spiro atoms. The molecule has 1 fully saturated rings. The zero-order valence-electron chi connectivity index (χ0n) is 16.2. The molecule has 0 radical (unpaired) electrons. The molecule has 2 aromatic heterocycles. The van der Waals surface area contributed by atoms with Crippen LogP contribution in [0.15, 0.2) is 41.3 Å². The van der Waals surface area contributed by atoms with Gasteiger partial charge < -0.3 is 15.1 Å². The van der Waals surface area contributed by atoms with Gasteiger partial charge in [-0.25, -0.2) is 13.9 Å². The minimum absolute atomic E-state index is 0.0814. The van der Waals surface area contributed by atoms with Gasteiger partial charge in [0.15, 0.2) is 5.65 Å². The first-order chi connectivity index (χ1) is 14.0. The Hall–Kier alpha value is -3.20. The minimum Gasteiger partial charge on any atom is -0.367 e. The smallest absolute Gasteiger partial charge is 0.272 e. The van der Waals surface area contributed by atoms with E-state index in [9.17, 15) is 14.0 Å². The van der Waals surface area contributed by atoms with E-state index in [-0.39, 0.29) is 17.7 Å². The summed E-state index contributed by atoms with van der Waals surface area (Å²) in [7, 11) is 0. The van der Waals surface area contributed by atoms with E-state index in [1.807, 2.05) is 4.90 Å². The Labute approximate surface area is 166 Å². The second-order valence-corrected chi connectivity index (χ2v) is 7.01. The summed E-state index contributed by atoms with van der Waals surface area (Å²) >= 11 is 0. The van der Waals surface area contributed by atoms with Crippen molar-refractivity contribution < 1.29 is 9.18 Å². The summed E-state index contributed by atoms with van der Waals surface area (Å²) < 4.78 is 15.9. The highest BCUT2D eigenvalue weighted by Crippen LogP contribution is 2.22. The standard InChI is InChI=1S/C20H23FN6O2/c1-2-25-7-9-26(10-8-25)17-4-3-14(11-16(17)21)20(29)22-13-15-12-19(28)27-18(24-15)5-6-23-27/h3-6,11-12,23H,2,7-10,13H2,1H3,(H,22,29). The summed E-state index contributed by atoms with van der Waals surface area (Å²) in [6.45, 7) is 6.52. The predicted molar refractivity (Wildman–Crippen MR) is 108 cm³/mol. The zero-order valence-corrected chi connectivity index (χ0v) is 16.2. The van der Waals surface area contributed by atoms with Crippen LogP contribution in [0.25, 0.3) is 5.65 Å². The first-order valence-electron chi connectivity index (χ1n) is 9.66. The maximum atomic E-state index is 14.6. The Morgan fingerprint density at radius 3 is 2.72 bits per heavy atom. The van der Waals surface area contributed by atoms with E-state index in [2.05, 4.69) is 27.2 Å². The molecule has 0 saturated carbocycles. The van der Waals surface area contributed by atoms with Crippen LogP contribution in [-0.4, -0.2) is 58.1 Å². The number of amides is 1. The van der Waals surface area contributed by atoms with Crippen molar-refractivity contribution in [2.75, 3.05) is 37.6 Å². The molecule has 9 heteroatoms. The Morgan fingerprint density at radius 1 is 1.21 bits per heavy atom. The quantitative estimate of drug-likeness (QED) is 0.675. The fraction of sp³-hybridized carbons (Fsp3) is 0.350. The number of nitrogens with zero attached hydrogens (tertiary/aromatic N) is 4. The maximum Gasteiger partial charge on any atom is 0.272 e. The lowest BCUT2D eigenvalue weighted by Gasteiger charge is -2.35. The number of piperazine rings is 1. The lowest BCUT2D eigenvalue weighted by molar-refractivity contribution is 0.0950. The normalized spacial score (nSPS) is 15.0. The molecule has 1 amide bonds. The number of hydrogen-bond acceptors (Lipinski definition) is 5. The summed E-state index contributed by atoms with van der Waals surface area (Å²) in [5.74, 6) is -0.824. The third-order valence-electron chi connectivity index (χ3n) is 5.23. The van der Waals surface area contributed by atoms with Gasteiger partial charge in [0.2, 0.25) is 0 Å². The van der Waals surface area contributed by atoms with Gasteiger partial charge in [-0.2, -0.15) is 0 Å². The molecule has 0 atom stereocenters. The number of H-pyrrole nitrogens is 1. The first-order valence-corrected chi connectivity index (χ1v) is 9.66. The van der Waals surface area contributed by atoms with E-state index in [0.29, 0.717) is 17.0 Å². The minimum atomic E-state index is -0.415. The van der Waals surface area contributed by atoms with Crippen molar-refractivity contribution in [3.63, 3.8) is 0 Å². The molecule has 1 aliphatic heterocycles. The van der Waals surface area contributed by atoms with Crippen molar-refractivity contribution in [2.24, 2.45) is 0 Å². The van der Waals surface area contributed by atoms with Gasteiger partial charge in [0.1, 0.15) is 5.82 Å². The topological polar surface area (TPSA) is 85.7 Å². The summed E-state index contributed by atoms with van der Waals surface area (Å²) in [6, 6.07) is 7.55. The number of aromatic amines is 1. The number of aromatic nitrogens is 3. The van der Waals surface area contributed by atoms with Gasteiger partial charge in [-0.05, 0) is 24.7 Å². The Kier molecular flexibility index (Phi) is 5.30. The van der Waals surface area contributed by atoms with Gasteiger partial charge >= 0.3 is 0 Å².